The van der Waals surface area contributed by atoms with Gasteiger partial charge in [-0.15, -0.1) is 0 Å². The maximum absolute atomic E-state index is 13.5. The van der Waals surface area contributed by atoms with Gasteiger partial charge >= 0.3 is 0 Å². The van der Waals surface area contributed by atoms with Crippen LogP contribution < -0.4 is 15.0 Å². The van der Waals surface area contributed by atoms with Gasteiger partial charge in [-0.2, -0.15) is 0 Å². The summed E-state index contributed by atoms with van der Waals surface area (Å²) in [5.41, 5.74) is 2.77. The number of carbonyl (C=O) groups excluding carboxylic acids is 1. The van der Waals surface area contributed by atoms with Crippen LogP contribution >= 0.6 is 0 Å². The zero-order valence-corrected chi connectivity index (χ0v) is 20.0. The van der Waals surface area contributed by atoms with Crippen LogP contribution in [0.1, 0.15) is 40.6 Å². The smallest absolute Gasteiger partial charge is 0.265 e. The number of likely N-dealkylation sites (tertiary alicyclic amines) is 1. The summed E-state index contributed by atoms with van der Waals surface area (Å²) in [6.07, 6.45) is 1.78. The highest BCUT2D eigenvalue weighted by atomic mass is 16.5. The van der Waals surface area contributed by atoms with E-state index in [1.807, 2.05) is 48.2 Å². The van der Waals surface area contributed by atoms with Crippen molar-refractivity contribution in [2.24, 2.45) is 0 Å². The second-order valence-electron chi connectivity index (χ2n) is 8.63. The normalized spacial score (nSPS) is 15.4. The highest BCUT2D eigenvalue weighted by Gasteiger charge is 2.32. The summed E-state index contributed by atoms with van der Waals surface area (Å²) in [4.78, 5) is 33.1. The highest BCUT2D eigenvalue weighted by Crippen LogP contribution is 2.39. The van der Waals surface area contributed by atoms with Crippen molar-refractivity contribution in [2.45, 2.75) is 25.8 Å². The molecule has 1 fully saturated rings. The second kappa shape index (κ2) is 9.25. The number of ether oxygens (including phenoxy) is 2. The topological polar surface area (TPSA) is 73.7 Å². The molecule has 1 aliphatic heterocycles. The van der Waals surface area contributed by atoms with Crippen molar-refractivity contribution >= 4 is 16.8 Å². The van der Waals surface area contributed by atoms with Gasteiger partial charge < -0.3 is 14.4 Å². The molecular weight excluding hydrogens is 442 g/mol. The van der Waals surface area contributed by atoms with E-state index in [2.05, 4.69) is 4.98 Å². The Hall–Kier alpha value is -4.13. The minimum atomic E-state index is -0.126. The van der Waals surface area contributed by atoms with Crippen molar-refractivity contribution in [3.8, 4) is 17.2 Å². The molecule has 1 amide bonds. The van der Waals surface area contributed by atoms with Crippen molar-refractivity contribution in [3.05, 3.63) is 94.0 Å². The average Bonchev–Trinajstić information content (AvgIpc) is 3.38. The molecule has 0 bridgehead atoms. The number of aryl methyl sites for hydroxylation is 1. The largest absolute Gasteiger partial charge is 0.497 e. The van der Waals surface area contributed by atoms with E-state index in [1.165, 1.54) is 0 Å². The van der Waals surface area contributed by atoms with E-state index in [-0.39, 0.29) is 17.5 Å². The second-order valence-corrected chi connectivity index (χ2v) is 8.63. The van der Waals surface area contributed by atoms with Gasteiger partial charge in [0.25, 0.3) is 11.5 Å². The van der Waals surface area contributed by atoms with Gasteiger partial charge in [-0.1, -0.05) is 12.1 Å². The fraction of sp³-hybridized carbons (Fsp3) is 0.250. The SMILES string of the molecule is COc1ccc([C@H]2CCCN2C(=O)c2ccc(-n3c(C)nc4ccccc4c3=O)cc2)c(OC)c1. The lowest BCUT2D eigenvalue weighted by molar-refractivity contribution is 0.0734. The van der Waals surface area contributed by atoms with E-state index in [4.69, 9.17) is 9.47 Å². The lowest BCUT2D eigenvalue weighted by Gasteiger charge is -2.27. The van der Waals surface area contributed by atoms with Gasteiger partial charge in [0.15, 0.2) is 0 Å². The van der Waals surface area contributed by atoms with Crippen LogP contribution in [-0.2, 0) is 0 Å². The molecule has 0 saturated carbocycles. The lowest BCUT2D eigenvalue weighted by Crippen LogP contribution is -2.30. The standard InChI is InChI=1S/C28H27N3O4/c1-18-29-24-8-5-4-7-22(24)28(33)31(18)20-12-10-19(11-13-20)27(32)30-16-6-9-25(30)23-15-14-21(34-2)17-26(23)35-3/h4-5,7-8,10-15,17,25H,6,9,16H2,1-3H3/t25-/m1/s1. The molecule has 35 heavy (non-hydrogen) atoms. The number of hydrogen-bond acceptors (Lipinski definition) is 5. The third-order valence-electron chi connectivity index (χ3n) is 6.63. The third-order valence-corrected chi connectivity index (χ3v) is 6.63. The predicted octanol–water partition coefficient (Wildman–Crippen LogP) is 4.69. The maximum Gasteiger partial charge on any atom is 0.265 e. The average molecular weight is 470 g/mol. The Labute approximate surface area is 203 Å². The first-order valence-electron chi connectivity index (χ1n) is 11.6. The van der Waals surface area contributed by atoms with Crippen LogP contribution in [0.15, 0.2) is 71.5 Å². The van der Waals surface area contributed by atoms with Crippen LogP contribution in [0.3, 0.4) is 0 Å². The predicted molar refractivity (Wildman–Crippen MR) is 135 cm³/mol. The van der Waals surface area contributed by atoms with Crippen LogP contribution in [0.2, 0.25) is 0 Å². The number of hydrogen-bond donors (Lipinski definition) is 0. The molecule has 1 aromatic heterocycles. The number of nitrogens with zero attached hydrogens (tertiary/aromatic N) is 3. The minimum Gasteiger partial charge on any atom is -0.497 e. The monoisotopic (exact) mass is 469 g/mol. The van der Waals surface area contributed by atoms with Crippen LogP contribution in [0.4, 0.5) is 0 Å². The van der Waals surface area contributed by atoms with Gasteiger partial charge in [0.05, 0.1) is 36.9 Å². The summed E-state index contributed by atoms with van der Waals surface area (Å²) >= 11 is 0. The summed E-state index contributed by atoms with van der Waals surface area (Å²) in [5, 5.41) is 0.562. The van der Waals surface area contributed by atoms with Crippen molar-refractivity contribution in [1.82, 2.24) is 14.5 Å². The van der Waals surface area contributed by atoms with Gasteiger partial charge in [-0.3, -0.25) is 14.2 Å². The molecule has 1 aliphatic rings. The summed E-state index contributed by atoms with van der Waals surface area (Å²) < 4.78 is 12.5. The molecular formula is C28H27N3O4. The number of fused-ring (bicyclic) bond motifs is 1. The Morgan fingerprint density at radius 2 is 1.77 bits per heavy atom. The van der Waals surface area contributed by atoms with E-state index in [9.17, 15) is 9.59 Å². The Morgan fingerprint density at radius 1 is 1.00 bits per heavy atom. The number of methoxy groups -OCH3 is 2. The Kier molecular flexibility index (Phi) is 5.99. The Morgan fingerprint density at radius 3 is 2.51 bits per heavy atom. The van der Waals surface area contributed by atoms with Crippen LogP contribution in [0.5, 0.6) is 11.5 Å². The maximum atomic E-state index is 13.5. The molecule has 3 aromatic carbocycles. The van der Waals surface area contributed by atoms with E-state index >= 15 is 0 Å². The summed E-state index contributed by atoms with van der Waals surface area (Å²) in [5.74, 6) is 1.98. The number of para-hydroxylation sites is 1. The molecule has 2 heterocycles. The van der Waals surface area contributed by atoms with E-state index in [0.717, 1.165) is 18.4 Å². The number of aromatic nitrogens is 2. The van der Waals surface area contributed by atoms with Crippen LogP contribution in [-0.4, -0.2) is 41.1 Å². The zero-order valence-electron chi connectivity index (χ0n) is 20.0. The molecule has 7 heteroatoms. The fourth-order valence-electron chi connectivity index (χ4n) is 4.89. The summed E-state index contributed by atoms with van der Waals surface area (Å²) in [7, 11) is 3.25. The van der Waals surface area contributed by atoms with E-state index < -0.39 is 0 Å². The first-order valence-corrected chi connectivity index (χ1v) is 11.6. The number of benzene rings is 3. The van der Waals surface area contributed by atoms with Gasteiger partial charge in [0, 0.05) is 23.7 Å². The molecule has 0 aliphatic carbocycles. The Bertz CT molecular complexity index is 1460. The quantitative estimate of drug-likeness (QED) is 0.424. The van der Waals surface area contributed by atoms with Gasteiger partial charge in [0.1, 0.15) is 17.3 Å². The summed E-state index contributed by atoms with van der Waals surface area (Å²) in [6, 6.07) is 20.1. The van der Waals surface area contributed by atoms with Gasteiger partial charge in [0.2, 0.25) is 0 Å². The van der Waals surface area contributed by atoms with Crippen LogP contribution in [0, 0.1) is 6.92 Å². The minimum absolute atomic E-state index is 0.0439. The first kappa shape index (κ1) is 22.7. The molecule has 1 atom stereocenters. The van der Waals surface area contributed by atoms with Gasteiger partial charge in [-0.25, -0.2) is 4.98 Å². The molecule has 0 unspecified atom stereocenters. The number of rotatable bonds is 5. The van der Waals surface area contributed by atoms with Crippen molar-refractivity contribution in [2.75, 3.05) is 20.8 Å². The van der Waals surface area contributed by atoms with Gasteiger partial charge in [-0.05, 0) is 68.3 Å². The van der Waals surface area contributed by atoms with E-state index in [0.29, 0.717) is 46.0 Å². The molecule has 4 aromatic rings. The summed E-state index contributed by atoms with van der Waals surface area (Å²) in [6.45, 7) is 2.48. The van der Waals surface area contributed by atoms with Crippen LogP contribution in [0.25, 0.3) is 16.6 Å². The molecule has 7 nitrogen and oxygen atoms in total. The fourth-order valence-corrected chi connectivity index (χ4v) is 4.89. The molecule has 0 radical (unpaired) electrons. The van der Waals surface area contributed by atoms with Crippen molar-refractivity contribution < 1.29 is 14.3 Å². The molecule has 0 N–H and O–H groups in total. The molecule has 178 valence electrons. The highest BCUT2D eigenvalue weighted by molar-refractivity contribution is 5.95. The van der Waals surface area contributed by atoms with Crippen molar-refractivity contribution in [1.29, 1.82) is 0 Å². The lowest BCUT2D eigenvalue weighted by atomic mass is 10.0. The zero-order chi connectivity index (χ0) is 24.5. The number of amides is 1. The molecule has 1 saturated heterocycles. The van der Waals surface area contributed by atoms with E-state index in [1.54, 1.807) is 49.1 Å². The number of carbonyl (C=O) groups is 1. The Balaban J connectivity index is 1.45. The first-order chi connectivity index (χ1) is 17.0. The molecule has 0 spiro atoms. The molecule has 5 rings (SSSR count). The third kappa shape index (κ3) is 4.03. The van der Waals surface area contributed by atoms with Crippen molar-refractivity contribution in [3.63, 3.8) is 0 Å².